The molecule has 5 heterocycles. The molecule has 84 heavy (non-hydrogen) atoms. The lowest BCUT2D eigenvalue weighted by Crippen LogP contribution is -2.60. The molecule has 1 unspecified atom stereocenters. The number of hydrogen-bond donors (Lipinski definition) is 5. The van der Waals surface area contributed by atoms with Gasteiger partial charge in [0, 0.05) is 109 Å². The Balaban J connectivity index is 1.26. The van der Waals surface area contributed by atoms with Crippen molar-refractivity contribution >= 4 is 35.2 Å². The van der Waals surface area contributed by atoms with Crippen molar-refractivity contribution in [2.24, 2.45) is 40.7 Å². The molecule has 1 aliphatic carbocycles. The summed E-state index contributed by atoms with van der Waals surface area (Å²) in [6.07, 6.45) is 11.9. The minimum atomic E-state index is -2.43. The summed E-state index contributed by atoms with van der Waals surface area (Å²) in [6, 6.07) is -1.13. The average Bonchev–Trinajstić information content (AvgIpc) is 3.68. The lowest BCUT2D eigenvalue weighted by molar-refractivity contribution is -0.265. The van der Waals surface area contributed by atoms with E-state index in [-0.39, 0.29) is 55.7 Å². The van der Waals surface area contributed by atoms with Gasteiger partial charge < -0.3 is 69.0 Å². The van der Waals surface area contributed by atoms with Gasteiger partial charge in [0.1, 0.15) is 24.4 Å². The topological polar surface area (TPSA) is 264 Å². The molecule has 21 nitrogen and oxygen atoms in total. The molecule has 2 bridgehead atoms. The predicted molar refractivity (Wildman–Crippen MR) is 318 cm³/mol. The van der Waals surface area contributed by atoms with Crippen LogP contribution in [0.5, 0.6) is 0 Å². The summed E-state index contributed by atoms with van der Waals surface area (Å²) >= 11 is 0. The fourth-order valence-corrected chi connectivity index (χ4v) is 12.5. The number of ether oxygens (including phenoxy) is 5. The molecule has 0 aromatic carbocycles. The maximum Gasteiger partial charge on any atom is 0.329 e. The SMILES string of the molecule is CO[C@H]1C[C@@H]2CC[C@@H](C)[C@@](O)(O2)C(=O)C(=O)N2CCCC[C@H]2C(=O)O[C@H](CC[C@@H]2CC[C@@H](O)[C@H](OC)C2)C[C@@H](O)[C@H](C)/C=C(\C)[C@@H](O)[C@@H](OC)/C(=N/OCC(=O)NCc2cnc(N3CCN(C)CC3)nc2)[C@H](C)C[C@H](C)C(C)C/C=C/C=C/1C. The molecule has 4 aliphatic heterocycles. The van der Waals surface area contributed by atoms with E-state index in [0.717, 1.165) is 50.2 Å². The first kappa shape index (κ1) is 68.4. The van der Waals surface area contributed by atoms with Crippen LogP contribution in [0.15, 0.2) is 53.0 Å². The molecular weight excluding hydrogens is 1080 g/mol. The maximum absolute atomic E-state index is 14.5. The summed E-state index contributed by atoms with van der Waals surface area (Å²) in [5, 5.41) is 54.3. The van der Waals surface area contributed by atoms with Gasteiger partial charge in [0.2, 0.25) is 11.7 Å². The number of piperidine rings is 1. The van der Waals surface area contributed by atoms with Crippen LogP contribution < -0.4 is 10.2 Å². The van der Waals surface area contributed by atoms with Gasteiger partial charge in [-0.3, -0.25) is 14.4 Å². The van der Waals surface area contributed by atoms with Crippen molar-refractivity contribution < 1.29 is 68.1 Å². The monoisotopic (exact) mass is 1180 g/mol. The zero-order valence-electron chi connectivity index (χ0n) is 52.0. The molecule has 2 amide bonds. The van der Waals surface area contributed by atoms with Crippen LogP contribution in [0.3, 0.4) is 0 Å². The van der Waals surface area contributed by atoms with E-state index in [1.54, 1.807) is 46.5 Å². The number of rotatable bonds is 12. The minimum absolute atomic E-state index is 0.00656. The second-order valence-electron chi connectivity index (χ2n) is 25.0. The largest absolute Gasteiger partial charge is 0.461 e. The Kier molecular flexibility index (Phi) is 26.8. The number of methoxy groups -OCH3 is 3. The Hall–Kier alpha value is -4.71. The van der Waals surface area contributed by atoms with E-state index in [1.165, 1.54) is 12.0 Å². The number of aromatic nitrogens is 2. The maximum atomic E-state index is 14.5. The molecule has 0 radical (unpaired) electrons. The number of Topliss-reactive ketones (excluding diaryl/α,β-unsaturated/α-hetero) is 1. The number of piperazine rings is 1. The highest BCUT2D eigenvalue weighted by Gasteiger charge is 2.53. The Bertz CT molecular complexity index is 2400. The molecule has 21 heteroatoms. The summed E-state index contributed by atoms with van der Waals surface area (Å²) in [5.74, 6) is -6.15. The lowest BCUT2D eigenvalue weighted by Gasteiger charge is -2.42. The summed E-state index contributed by atoms with van der Waals surface area (Å²) in [7, 11) is 6.75. The number of cyclic esters (lactones) is 1. The zero-order chi connectivity index (χ0) is 61.3. The van der Waals surface area contributed by atoms with Gasteiger partial charge in [-0.15, -0.1) is 0 Å². The van der Waals surface area contributed by atoms with E-state index in [0.29, 0.717) is 81.4 Å². The number of oxime groups is 1. The predicted octanol–water partition coefficient (Wildman–Crippen LogP) is 5.86. The number of aliphatic hydroxyl groups excluding tert-OH is 3. The van der Waals surface area contributed by atoms with Gasteiger partial charge in [-0.1, -0.05) is 64.1 Å². The average molecular weight is 1180 g/mol. The van der Waals surface area contributed by atoms with Crippen LogP contribution >= 0.6 is 0 Å². The molecule has 5 aliphatic rings. The molecule has 1 aromatic rings. The number of amides is 2. The van der Waals surface area contributed by atoms with E-state index in [9.17, 15) is 39.6 Å². The van der Waals surface area contributed by atoms with Crippen molar-refractivity contribution in [1.29, 1.82) is 0 Å². The van der Waals surface area contributed by atoms with Crippen LogP contribution in [0, 0.1) is 35.5 Å². The van der Waals surface area contributed by atoms with Crippen molar-refractivity contribution in [2.75, 3.05) is 72.6 Å². The number of likely N-dealkylation sites (N-methyl/N-ethyl adjacent to an activating group) is 1. The molecule has 1 saturated carbocycles. The summed E-state index contributed by atoms with van der Waals surface area (Å²) in [5.41, 5.74) is 2.51. The molecule has 1 aromatic heterocycles. The number of fused-ring (bicyclic) bond motifs is 3. The molecule has 4 fully saturated rings. The summed E-state index contributed by atoms with van der Waals surface area (Å²) < 4.78 is 30.2. The minimum Gasteiger partial charge on any atom is -0.461 e. The molecule has 472 valence electrons. The first-order chi connectivity index (χ1) is 40.1. The van der Waals surface area contributed by atoms with E-state index in [2.05, 4.69) is 57.2 Å². The van der Waals surface area contributed by atoms with Gasteiger partial charge in [-0.2, -0.15) is 0 Å². The van der Waals surface area contributed by atoms with Crippen molar-refractivity contribution in [1.82, 2.24) is 25.1 Å². The van der Waals surface area contributed by atoms with Crippen molar-refractivity contribution in [3.05, 3.63) is 53.4 Å². The fourth-order valence-electron chi connectivity index (χ4n) is 12.5. The van der Waals surface area contributed by atoms with Gasteiger partial charge in [-0.25, -0.2) is 14.8 Å². The lowest BCUT2D eigenvalue weighted by atomic mass is 9.81. The summed E-state index contributed by atoms with van der Waals surface area (Å²) in [6.45, 7) is 16.9. The highest BCUT2D eigenvalue weighted by molar-refractivity contribution is 6.39. The number of anilines is 1. The Morgan fingerprint density at radius 2 is 1.55 bits per heavy atom. The number of hydrogen-bond acceptors (Lipinski definition) is 19. The van der Waals surface area contributed by atoms with Gasteiger partial charge in [0.15, 0.2) is 6.61 Å². The van der Waals surface area contributed by atoms with Crippen molar-refractivity contribution in [3.8, 4) is 0 Å². The quantitative estimate of drug-likeness (QED) is 0.0710. The zero-order valence-corrected chi connectivity index (χ0v) is 52.0. The van der Waals surface area contributed by atoms with E-state index in [4.69, 9.17) is 28.5 Å². The van der Waals surface area contributed by atoms with Gasteiger partial charge in [0.25, 0.3) is 17.6 Å². The molecule has 5 N–H and O–H groups in total. The number of aliphatic hydroxyl groups is 4. The third-order valence-corrected chi connectivity index (χ3v) is 18.6. The standard InChI is InChI=1S/C63H101N7O14/c1-39-16-12-13-17-40(2)53(79-9)34-49-22-19-45(7)63(78,84-49)59(75)60(76)70-25-15-14-18-50(70)61(77)83-48(23-20-46-21-24-51(71)54(32-46)80-10)33-52(72)42(4)31-44(6)57(74)58(81-11)56(43(5)30-41(39)3)67-82-38-55(73)64-35-47-36-65-62(66-37-47)69-28-26-68(8)27-29-69/h12-13,17,31,36-37,39,41-43,45-46,48-54,57-58,71-72,74,78H,14-16,18-30,32-35,38H2,1-11H3,(H,64,73)/b13-12+,40-17+,44-31+,67-56+/t39?,41-,42+,43+,45+,46+,48+,49-,50-,51+,52+,53-,54+,57+,58-,63+/m0/s1. The van der Waals surface area contributed by atoms with E-state index in [1.807, 2.05) is 32.9 Å². The summed E-state index contributed by atoms with van der Waals surface area (Å²) in [4.78, 5) is 77.0. The van der Waals surface area contributed by atoms with Crippen LogP contribution in [-0.2, 0) is 54.2 Å². The van der Waals surface area contributed by atoms with Gasteiger partial charge in [-0.05, 0) is 127 Å². The van der Waals surface area contributed by atoms with E-state index >= 15 is 0 Å². The van der Waals surface area contributed by atoms with Crippen LogP contribution in [0.1, 0.15) is 144 Å². The molecule has 16 atom stereocenters. The number of esters is 1. The number of nitrogens with one attached hydrogen (secondary N) is 1. The highest BCUT2D eigenvalue weighted by atomic mass is 16.6. The molecule has 3 saturated heterocycles. The third-order valence-electron chi connectivity index (χ3n) is 18.6. The van der Waals surface area contributed by atoms with Gasteiger partial charge >= 0.3 is 5.97 Å². The van der Waals surface area contributed by atoms with Crippen LogP contribution in [0.4, 0.5) is 5.95 Å². The van der Waals surface area contributed by atoms with Crippen LogP contribution in [0.25, 0.3) is 0 Å². The van der Waals surface area contributed by atoms with Crippen molar-refractivity contribution in [3.63, 3.8) is 0 Å². The molecule has 6 rings (SSSR count). The van der Waals surface area contributed by atoms with Crippen LogP contribution in [-0.4, -0.2) is 198 Å². The second-order valence-corrected chi connectivity index (χ2v) is 25.0. The number of nitrogens with zero attached hydrogens (tertiary/aromatic N) is 6. The molecular formula is C63H101N7O14. The van der Waals surface area contributed by atoms with E-state index < -0.39 is 96.6 Å². The Morgan fingerprint density at radius 1 is 0.821 bits per heavy atom. The third kappa shape index (κ3) is 18.9. The number of ketones is 1. The number of carbonyl (C=O) groups is 4. The van der Waals surface area contributed by atoms with Crippen molar-refractivity contribution in [2.45, 2.75) is 206 Å². The smallest absolute Gasteiger partial charge is 0.329 e. The first-order valence-corrected chi connectivity index (χ1v) is 30.9. The van der Waals surface area contributed by atoms with Crippen LogP contribution in [0.2, 0.25) is 0 Å². The Labute approximate surface area is 498 Å². The first-order valence-electron chi connectivity index (χ1n) is 30.9. The number of carbonyl (C=O) groups excluding carboxylic acids is 4. The molecule has 0 spiro atoms. The normalized spacial score (nSPS) is 36.8. The number of allylic oxidation sites excluding steroid dienone is 3. The fraction of sp³-hybridized carbons (Fsp3) is 0.762. The Morgan fingerprint density at radius 3 is 2.24 bits per heavy atom. The van der Waals surface area contributed by atoms with Gasteiger partial charge in [0.05, 0.1) is 36.2 Å². The second kappa shape index (κ2) is 32.9. The highest BCUT2D eigenvalue weighted by Crippen LogP contribution is 2.38.